The summed E-state index contributed by atoms with van der Waals surface area (Å²) in [5, 5.41) is 14.7. The molecule has 3 heterocycles. The van der Waals surface area contributed by atoms with E-state index in [0.29, 0.717) is 41.3 Å². The van der Waals surface area contributed by atoms with Gasteiger partial charge in [0, 0.05) is 30.4 Å². The minimum Gasteiger partial charge on any atom is -0.365 e. The molecule has 0 amide bonds. The van der Waals surface area contributed by atoms with Crippen LogP contribution in [0.15, 0.2) is 76.8 Å². The number of anilines is 1. The zero-order valence-electron chi connectivity index (χ0n) is 23.2. The zero-order valence-corrected chi connectivity index (χ0v) is 24.0. The Hall–Kier alpha value is -3.02. The molecule has 0 bridgehead atoms. The number of nitrogens with zero attached hydrogens (tertiary/aromatic N) is 5. The third-order valence-electron chi connectivity index (χ3n) is 9.43. The fourth-order valence-electron chi connectivity index (χ4n) is 7.43. The van der Waals surface area contributed by atoms with E-state index >= 15 is 4.39 Å². The highest BCUT2D eigenvalue weighted by atomic mass is 32.2. The molecule has 3 fully saturated rings. The van der Waals surface area contributed by atoms with Crippen LogP contribution in [0.5, 0.6) is 0 Å². The quantitative estimate of drug-likeness (QED) is 0.366. The van der Waals surface area contributed by atoms with Crippen molar-refractivity contribution in [2.24, 2.45) is 18.9 Å². The van der Waals surface area contributed by atoms with Crippen LogP contribution in [0, 0.1) is 23.2 Å². The van der Waals surface area contributed by atoms with Crippen LogP contribution in [-0.4, -0.2) is 57.3 Å². The van der Waals surface area contributed by atoms with E-state index in [1.807, 2.05) is 30.3 Å². The van der Waals surface area contributed by atoms with Crippen LogP contribution in [0.3, 0.4) is 0 Å². The third kappa shape index (κ3) is 5.10. The molecule has 2 saturated heterocycles. The normalized spacial score (nSPS) is 22.4. The first-order valence-electron chi connectivity index (χ1n) is 14.5. The molecule has 8 heteroatoms. The highest BCUT2D eigenvalue weighted by molar-refractivity contribution is 7.85. The third-order valence-corrected chi connectivity index (χ3v) is 10.8. The number of aromatic nitrogens is 2. The molecule has 2 unspecified atom stereocenters. The fraction of sp³-hybridized carbons (Fsp3) is 0.500. The van der Waals surface area contributed by atoms with Crippen molar-refractivity contribution in [1.29, 1.82) is 5.26 Å². The van der Waals surface area contributed by atoms with Crippen LogP contribution in [0.1, 0.15) is 44.1 Å². The van der Waals surface area contributed by atoms with Crippen molar-refractivity contribution in [2.75, 3.05) is 37.6 Å². The summed E-state index contributed by atoms with van der Waals surface area (Å²) in [5.41, 5.74) is 0.463. The molecular weight excluding hydrogens is 521 g/mol. The largest absolute Gasteiger partial charge is 0.365 e. The van der Waals surface area contributed by atoms with E-state index < -0.39 is 21.9 Å². The van der Waals surface area contributed by atoms with Crippen molar-refractivity contribution in [1.82, 2.24) is 14.7 Å². The first-order chi connectivity index (χ1) is 19.4. The molecule has 6 nitrogen and oxygen atoms in total. The highest BCUT2D eigenvalue weighted by Crippen LogP contribution is 2.50. The number of aryl methyl sites for hydroxylation is 1. The number of halogens is 1. The molecule has 1 aromatic heterocycles. The van der Waals surface area contributed by atoms with Gasteiger partial charge in [0.1, 0.15) is 0 Å². The molecular formula is C32H38FN5OS. The molecule has 2 atom stereocenters. The predicted molar refractivity (Wildman–Crippen MR) is 155 cm³/mol. The molecule has 2 aliphatic heterocycles. The molecule has 40 heavy (non-hydrogen) atoms. The Morgan fingerprint density at radius 1 is 1.00 bits per heavy atom. The maximum Gasteiger partial charge on any atom is 0.158 e. The van der Waals surface area contributed by atoms with Gasteiger partial charge in [-0.3, -0.25) is 9.58 Å². The molecule has 0 spiro atoms. The van der Waals surface area contributed by atoms with E-state index in [1.165, 1.54) is 18.4 Å². The standard InChI is InChI=1S/C32H38FN5OS/c1-36-20-30(19-35-36)40(39)29-13-11-28(12-14-29)38-23-31(33,24-38)22-37-17-15-27(16-18-37)32(21-34,26-9-5-6-10-26)25-7-3-2-4-8-25/h2-4,7-8,11-14,19-20,26-27H,5-6,9-10,15-18,22-24H2,1H3. The molecule has 210 valence electrons. The number of nitriles is 1. The summed E-state index contributed by atoms with van der Waals surface area (Å²) >= 11 is 0. The molecule has 3 aromatic rings. The van der Waals surface area contributed by atoms with Crippen molar-refractivity contribution in [2.45, 2.75) is 59.4 Å². The lowest BCUT2D eigenvalue weighted by Crippen LogP contribution is -2.64. The molecule has 0 N–H and O–H groups in total. The Bertz CT molecular complexity index is 1370. The lowest BCUT2D eigenvalue weighted by molar-refractivity contribution is 0.0367. The van der Waals surface area contributed by atoms with Crippen molar-refractivity contribution in [3.05, 3.63) is 72.6 Å². The van der Waals surface area contributed by atoms with Crippen molar-refractivity contribution in [3.8, 4) is 6.07 Å². The Morgan fingerprint density at radius 2 is 1.65 bits per heavy atom. The number of likely N-dealkylation sites (tertiary alicyclic amines) is 1. The van der Waals surface area contributed by atoms with Gasteiger partial charge in [0.15, 0.2) is 5.67 Å². The summed E-state index contributed by atoms with van der Waals surface area (Å²) in [4.78, 5) is 5.72. The number of rotatable bonds is 8. The molecule has 2 aromatic carbocycles. The molecule has 1 aliphatic carbocycles. The number of alkyl halides is 1. The van der Waals surface area contributed by atoms with Crippen molar-refractivity contribution < 1.29 is 8.60 Å². The van der Waals surface area contributed by atoms with E-state index in [2.05, 4.69) is 45.2 Å². The maximum atomic E-state index is 15.8. The van der Waals surface area contributed by atoms with Crippen LogP contribution < -0.4 is 4.90 Å². The second kappa shape index (κ2) is 11.1. The highest BCUT2D eigenvalue weighted by Gasteiger charge is 2.50. The minimum atomic E-state index is -1.28. The van der Waals surface area contributed by atoms with E-state index in [-0.39, 0.29) is 0 Å². The lowest BCUT2D eigenvalue weighted by Gasteiger charge is -2.50. The van der Waals surface area contributed by atoms with Crippen LogP contribution in [0.4, 0.5) is 10.1 Å². The average molecular weight is 560 g/mol. The maximum absolute atomic E-state index is 15.8. The van der Waals surface area contributed by atoms with Gasteiger partial charge in [0.25, 0.3) is 0 Å². The monoisotopic (exact) mass is 559 g/mol. The van der Waals surface area contributed by atoms with Crippen molar-refractivity contribution in [3.63, 3.8) is 0 Å². The summed E-state index contributed by atoms with van der Waals surface area (Å²) in [6.45, 7) is 2.86. The van der Waals surface area contributed by atoms with Gasteiger partial charge in [0.2, 0.25) is 0 Å². The van der Waals surface area contributed by atoms with Gasteiger partial charge in [-0.05, 0) is 80.4 Å². The van der Waals surface area contributed by atoms with Gasteiger partial charge in [-0.25, -0.2) is 8.60 Å². The second-order valence-corrected chi connectivity index (χ2v) is 13.5. The lowest BCUT2D eigenvalue weighted by atomic mass is 9.60. The minimum absolute atomic E-state index is 0.309. The van der Waals surface area contributed by atoms with Crippen LogP contribution in [0.2, 0.25) is 0 Å². The van der Waals surface area contributed by atoms with Gasteiger partial charge in [-0.1, -0.05) is 43.2 Å². The average Bonchev–Trinajstić information content (AvgIpc) is 3.66. The van der Waals surface area contributed by atoms with Crippen LogP contribution >= 0.6 is 0 Å². The fourth-order valence-corrected chi connectivity index (χ4v) is 8.47. The summed E-state index contributed by atoms with van der Waals surface area (Å²) in [6, 6.07) is 20.9. The first-order valence-corrected chi connectivity index (χ1v) is 15.7. The van der Waals surface area contributed by atoms with Gasteiger partial charge in [-0.2, -0.15) is 10.4 Å². The summed E-state index contributed by atoms with van der Waals surface area (Å²) in [5.74, 6) is 0.723. The Morgan fingerprint density at radius 3 is 2.25 bits per heavy atom. The first kappa shape index (κ1) is 27.2. The van der Waals surface area contributed by atoms with Gasteiger partial charge >= 0.3 is 0 Å². The SMILES string of the molecule is Cn1cc(S(=O)c2ccc(N3CC(F)(CN4CCC(C(C#N)(c5ccccc5)C5CCCC5)CC4)C3)cc2)cn1. The Kier molecular flexibility index (Phi) is 7.54. The second-order valence-electron chi connectivity index (χ2n) is 12.0. The molecule has 6 rings (SSSR count). The number of piperidine rings is 1. The predicted octanol–water partition coefficient (Wildman–Crippen LogP) is 5.48. The van der Waals surface area contributed by atoms with E-state index in [9.17, 15) is 9.47 Å². The smallest absolute Gasteiger partial charge is 0.158 e. The topological polar surface area (TPSA) is 65.2 Å². The Labute approximate surface area is 239 Å². The molecule has 3 aliphatic rings. The van der Waals surface area contributed by atoms with E-state index in [4.69, 9.17) is 0 Å². The van der Waals surface area contributed by atoms with E-state index in [1.54, 1.807) is 24.1 Å². The van der Waals surface area contributed by atoms with Gasteiger partial charge in [0.05, 0.1) is 46.5 Å². The summed E-state index contributed by atoms with van der Waals surface area (Å²) in [7, 11) is 0.527. The van der Waals surface area contributed by atoms with E-state index in [0.717, 1.165) is 44.5 Å². The number of hydrogen-bond acceptors (Lipinski definition) is 5. The molecule has 1 saturated carbocycles. The molecule has 0 radical (unpaired) electrons. The van der Waals surface area contributed by atoms with Crippen molar-refractivity contribution >= 4 is 16.5 Å². The van der Waals surface area contributed by atoms with Gasteiger partial charge in [-0.15, -0.1) is 0 Å². The number of benzene rings is 2. The van der Waals surface area contributed by atoms with Crippen LogP contribution in [-0.2, 0) is 23.3 Å². The summed E-state index contributed by atoms with van der Waals surface area (Å²) < 4.78 is 30.2. The summed E-state index contributed by atoms with van der Waals surface area (Å²) in [6.07, 6.45) is 9.95. The van der Waals surface area contributed by atoms with Gasteiger partial charge < -0.3 is 4.90 Å². The van der Waals surface area contributed by atoms with Crippen LogP contribution in [0.25, 0.3) is 0 Å². The number of hydrogen-bond donors (Lipinski definition) is 0. The zero-order chi connectivity index (χ0) is 27.7. The Balaban J connectivity index is 1.05.